The van der Waals surface area contributed by atoms with E-state index < -0.39 is 8.07 Å². The second-order valence-corrected chi connectivity index (χ2v) is 17.4. The van der Waals surface area contributed by atoms with Gasteiger partial charge in [0.2, 0.25) is 0 Å². The van der Waals surface area contributed by atoms with Gasteiger partial charge in [0.15, 0.2) is 25.5 Å². The third-order valence-corrected chi connectivity index (χ3v) is 15.1. The van der Waals surface area contributed by atoms with Crippen LogP contribution in [0, 0.1) is 0 Å². The van der Waals surface area contributed by atoms with E-state index in [1.165, 1.54) is 31.9 Å². The summed E-state index contributed by atoms with van der Waals surface area (Å²) < 4.78 is 0. The highest BCUT2D eigenvalue weighted by molar-refractivity contribution is 7.19. The molecule has 0 spiro atoms. The molecule has 0 saturated heterocycles. The topological polar surface area (TPSA) is 38.7 Å². The van der Waals surface area contributed by atoms with Crippen LogP contribution in [-0.2, 0) is 0 Å². The Kier molecular flexibility index (Phi) is 9.31. The van der Waals surface area contributed by atoms with E-state index in [-0.39, 0.29) is 0 Å². The van der Waals surface area contributed by atoms with E-state index in [4.69, 9.17) is 15.0 Å². The number of hydrogen-bond acceptors (Lipinski definition) is 3. The first-order valence-electron chi connectivity index (χ1n) is 18.6. The first-order valence-corrected chi connectivity index (χ1v) is 20.6. The molecule has 0 aliphatic rings. The number of benzene rings is 8. The van der Waals surface area contributed by atoms with E-state index in [2.05, 4.69) is 212 Å². The number of rotatable bonds is 9. The lowest BCUT2D eigenvalue weighted by atomic mass is 10.0. The summed E-state index contributed by atoms with van der Waals surface area (Å²) >= 11 is 0. The highest BCUT2D eigenvalue weighted by atomic mass is 28.3. The Morgan fingerprint density at radius 2 is 0.418 bits per heavy atom. The maximum atomic E-state index is 5.12. The smallest absolute Gasteiger partial charge is 0.179 e. The molecular formula is C51H37N3Si. The van der Waals surface area contributed by atoms with Crippen LogP contribution in [0.5, 0.6) is 0 Å². The Hall–Kier alpha value is -7.01. The highest BCUT2D eigenvalue weighted by Crippen LogP contribution is 2.29. The van der Waals surface area contributed by atoms with Crippen LogP contribution in [0.4, 0.5) is 0 Å². The molecule has 0 bridgehead atoms. The molecule has 9 aromatic rings. The van der Waals surface area contributed by atoms with E-state index in [1.54, 1.807) is 0 Å². The SMILES string of the molecule is c1ccc(-c2ccc(-c3nc(-c4ccc(-c5ccccc5)cc4)nc(-c4ccc([Si](c5ccccc5)(c5ccccc5)c5ccccc5)cc4)n3)cc2)cc1. The average Bonchev–Trinajstić information content (AvgIpc) is 3.28. The summed E-state index contributed by atoms with van der Waals surface area (Å²) in [5.41, 5.74) is 7.45. The molecule has 0 saturated carbocycles. The molecule has 9 rings (SSSR count). The molecule has 8 aromatic carbocycles. The molecule has 0 N–H and O–H groups in total. The maximum Gasteiger partial charge on any atom is 0.179 e. The quantitative estimate of drug-likeness (QED) is 0.110. The van der Waals surface area contributed by atoms with Crippen LogP contribution in [0.2, 0.25) is 0 Å². The maximum absolute atomic E-state index is 5.12. The summed E-state index contributed by atoms with van der Waals surface area (Å²) in [6.07, 6.45) is 0. The highest BCUT2D eigenvalue weighted by Gasteiger charge is 2.41. The molecule has 0 unspecified atom stereocenters. The van der Waals surface area contributed by atoms with Crippen LogP contribution in [0.15, 0.2) is 224 Å². The minimum atomic E-state index is -2.67. The fourth-order valence-electron chi connectivity index (χ4n) is 7.58. The van der Waals surface area contributed by atoms with Gasteiger partial charge in [-0.25, -0.2) is 15.0 Å². The molecule has 4 heteroatoms. The Bertz CT molecular complexity index is 2430. The lowest BCUT2D eigenvalue weighted by molar-refractivity contribution is 1.07. The Labute approximate surface area is 323 Å². The normalized spacial score (nSPS) is 11.3. The van der Waals surface area contributed by atoms with Crippen LogP contribution in [0.3, 0.4) is 0 Å². The van der Waals surface area contributed by atoms with Gasteiger partial charge < -0.3 is 0 Å². The van der Waals surface area contributed by atoms with Crippen molar-refractivity contribution >= 4 is 28.8 Å². The third-order valence-electron chi connectivity index (χ3n) is 10.3. The van der Waals surface area contributed by atoms with Gasteiger partial charge in [0.05, 0.1) is 0 Å². The molecule has 55 heavy (non-hydrogen) atoms. The lowest BCUT2D eigenvalue weighted by Crippen LogP contribution is -2.74. The molecule has 260 valence electrons. The van der Waals surface area contributed by atoms with Crippen molar-refractivity contribution in [3.63, 3.8) is 0 Å². The minimum absolute atomic E-state index is 0.636. The molecule has 0 radical (unpaired) electrons. The van der Waals surface area contributed by atoms with Crippen molar-refractivity contribution in [3.05, 3.63) is 224 Å². The van der Waals surface area contributed by atoms with Gasteiger partial charge in [-0.05, 0) is 43.0 Å². The van der Waals surface area contributed by atoms with Crippen molar-refractivity contribution in [1.82, 2.24) is 15.0 Å². The van der Waals surface area contributed by atoms with Crippen LogP contribution >= 0.6 is 0 Å². The van der Waals surface area contributed by atoms with Crippen LogP contribution in [-0.4, -0.2) is 23.0 Å². The van der Waals surface area contributed by atoms with E-state index in [9.17, 15) is 0 Å². The van der Waals surface area contributed by atoms with E-state index in [0.717, 1.165) is 27.8 Å². The molecule has 0 fully saturated rings. The lowest BCUT2D eigenvalue weighted by Gasteiger charge is -2.34. The molecule has 0 aliphatic carbocycles. The Morgan fingerprint density at radius 3 is 0.727 bits per heavy atom. The summed E-state index contributed by atoms with van der Waals surface area (Å²) in [4.78, 5) is 15.3. The van der Waals surface area contributed by atoms with E-state index >= 15 is 0 Å². The van der Waals surface area contributed by atoms with Crippen molar-refractivity contribution < 1.29 is 0 Å². The van der Waals surface area contributed by atoms with Crippen molar-refractivity contribution in [3.8, 4) is 56.4 Å². The first-order chi connectivity index (χ1) is 27.3. The van der Waals surface area contributed by atoms with Gasteiger partial charge in [-0.2, -0.15) is 0 Å². The average molecular weight is 720 g/mol. The summed E-state index contributed by atoms with van der Waals surface area (Å²) in [6.45, 7) is 0. The third kappa shape index (κ3) is 6.72. The fourth-order valence-corrected chi connectivity index (χ4v) is 12.3. The minimum Gasteiger partial charge on any atom is -0.208 e. The van der Waals surface area contributed by atoms with E-state index in [0.29, 0.717) is 17.5 Å². The van der Waals surface area contributed by atoms with Gasteiger partial charge in [-0.15, -0.1) is 0 Å². The fraction of sp³-hybridized carbons (Fsp3) is 0. The van der Waals surface area contributed by atoms with Crippen molar-refractivity contribution in [2.24, 2.45) is 0 Å². The zero-order valence-electron chi connectivity index (χ0n) is 30.2. The van der Waals surface area contributed by atoms with Crippen LogP contribution in [0.25, 0.3) is 56.4 Å². The predicted octanol–water partition coefficient (Wildman–Crippen LogP) is 9.58. The van der Waals surface area contributed by atoms with Crippen molar-refractivity contribution in [2.45, 2.75) is 0 Å². The summed E-state index contributed by atoms with van der Waals surface area (Å²) in [5.74, 6) is 1.91. The summed E-state index contributed by atoms with van der Waals surface area (Å²) in [7, 11) is -2.67. The van der Waals surface area contributed by atoms with Gasteiger partial charge in [-0.3, -0.25) is 0 Å². The second kappa shape index (κ2) is 15.2. The molecule has 0 atom stereocenters. The second-order valence-electron chi connectivity index (χ2n) is 13.6. The number of aromatic nitrogens is 3. The van der Waals surface area contributed by atoms with Crippen LogP contribution < -0.4 is 20.7 Å². The molecule has 1 aromatic heterocycles. The summed E-state index contributed by atoms with van der Waals surface area (Å²) in [6, 6.07) is 79.7. The molecule has 1 heterocycles. The van der Waals surface area contributed by atoms with Gasteiger partial charge >= 0.3 is 0 Å². The molecular weight excluding hydrogens is 683 g/mol. The largest absolute Gasteiger partial charge is 0.208 e. The zero-order chi connectivity index (χ0) is 36.9. The number of nitrogens with zero attached hydrogens (tertiary/aromatic N) is 3. The summed E-state index contributed by atoms with van der Waals surface area (Å²) in [5, 5.41) is 5.30. The Balaban J connectivity index is 1.17. The van der Waals surface area contributed by atoms with Crippen LogP contribution in [0.1, 0.15) is 0 Å². The van der Waals surface area contributed by atoms with E-state index in [1.807, 2.05) is 12.1 Å². The molecule has 3 nitrogen and oxygen atoms in total. The standard InChI is InChI=1S/C51H37N3Si/c1-6-16-38(17-7-1)40-26-30-42(31-27-40)49-52-50(43-32-28-41(29-33-43)39-18-8-2-9-19-39)54-51(53-49)44-34-36-48(37-35-44)55(45-20-10-3-11-21-45,46-22-12-4-13-23-46)47-24-14-5-15-25-47/h1-37H. The van der Waals surface area contributed by atoms with Gasteiger partial charge in [0, 0.05) is 16.7 Å². The van der Waals surface area contributed by atoms with Gasteiger partial charge in [0.1, 0.15) is 0 Å². The predicted molar refractivity (Wildman–Crippen MR) is 231 cm³/mol. The van der Waals surface area contributed by atoms with Crippen molar-refractivity contribution in [2.75, 3.05) is 0 Å². The van der Waals surface area contributed by atoms with Gasteiger partial charge in [0.25, 0.3) is 0 Å². The zero-order valence-corrected chi connectivity index (χ0v) is 31.2. The molecule has 0 amide bonds. The Morgan fingerprint density at radius 1 is 0.200 bits per heavy atom. The first kappa shape index (κ1) is 33.8. The van der Waals surface area contributed by atoms with Gasteiger partial charge in [-0.1, -0.05) is 224 Å². The number of hydrogen-bond donors (Lipinski definition) is 0. The monoisotopic (exact) mass is 719 g/mol. The van der Waals surface area contributed by atoms with Crippen molar-refractivity contribution in [1.29, 1.82) is 0 Å². The molecule has 0 aliphatic heterocycles.